The summed E-state index contributed by atoms with van der Waals surface area (Å²) in [5.41, 5.74) is -0.164. The normalized spacial score (nSPS) is 21.5. The Bertz CT molecular complexity index is 658. The highest BCUT2D eigenvalue weighted by Crippen LogP contribution is 2.22. The molecule has 1 aliphatic rings. The second-order valence-electron chi connectivity index (χ2n) is 5.70. The Morgan fingerprint density at radius 2 is 2.09 bits per heavy atom. The molecular formula is C14H18BrN3O4. The number of carbonyl (C=O) groups is 2. The number of carboxylic acids is 1. The maximum Gasteiger partial charge on any atom is 0.322 e. The summed E-state index contributed by atoms with van der Waals surface area (Å²) in [6.45, 7) is 2.54. The van der Waals surface area contributed by atoms with E-state index in [1.165, 1.54) is 15.5 Å². The molecule has 2 rings (SSSR count). The van der Waals surface area contributed by atoms with Crippen molar-refractivity contribution in [3.05, 3.63) is 27.1 Å². The van der Waals surface area contributed by atoms with Gasteiger partial charge in [0.2, 0.25) is 0 Å². The van der Waals surface area contributed by atoms with Crippen molar-refractivity contribution in [1.29, 1.82) is 0 Å². The lowest BCUT2D eigenvalue weighted by Crippen LogP contribution is -2.47. The van der Waals surface area contributed by atoms with Gasteiger partial charge in [-0.1, -0.05) is 6.92 Å². The number of carboxylic acid groups (broad SMARTS) is 1. The van der Waals surface area contributed by atoms with E-state index in [0.717, 1.165) is 0 Å². The first-order valence-electron chi connectivity index (χ1n) is 6.93. The van der Waals surface area contributed by atoms with E-state index in [4.69, 9.17) is 5.11 Å². The van der Waals surface area contributed by atoms with Crippen molar-refractivity contribution in [1.82, 2.24) is 9.47 Å². The van der Waals surface area contributed by atoms with Gasteiger partial charge in [-0.2, -0.15) is 0 Å². The van der Waals surface area contributed by atoms with Gasteiger partial charge >= 0.3 is 12.0 Å². The molecule has 0 aliphatic carbocycles. The van der Waals surface area contributed by atoms with E-state index >= 15 is 0 Å². The van der Waals surface area contributed by atoms with E-state index in [1.807, 2.05) is 6.92 Å². The van der Waals surface area contributed by atoms with Crippen LogP contribution in [0.3, 0.4) is 0 Å². The zero-order valence-electron chi connectivity index (χ0n) is 12.4. The first-order chi connectivity index (χ1) is 10.3. The van der Waals surface area contributed by atoms with Crippen LogP contribution in [-0.4, -0.2) is 39.7 Å². The molecule has 0 saturated carbocycles. The van der Waals surface area contributed by atoms with Crippen LogP contribution in [0.4, 0.5) is 10.5 Å². The third-order valence-electron chi connectivity index (χ3n) is 3.69. The number of hydrogen-bond acceptors (Lipinski definition) is 3. The van der Waals surface area contributed by atoms with Gasteiger partial charge in [0.1, 0.15) is 5.69 Å². The number of aliphatic carboxylic acids is 1. The van der Waals surface area contributed by atoms with Crippen LogP contribution in [0.5, 0.6) is 0 Å². The minimum atomic E-state index is -0.900. The lowest BCUT2D eigenvalue weighted by atomic mass is 9.91. The van der Waals surface area contributed by atoms with Crippen molar-refractivity contribution in [2.45, 2.75) is 13.3 Å². The number of anilines is 1. The summed E-state index contributed by atoms with van der Waals surface area (Å²) < 4.78 is 2.03. The van der Waals surface area contributed by atoms with Crippen molar-refractivity contribution >= 4 is 33.6 Å². The molecule has 2 amide bonds. The van der Waals surface area contributed by atoms with E-state index in [9.17, 15) is 14.4 Å². The largest absolute Gasteiger partial charge is 0.481 e. The Morgan fingerprint density at radius 1 is 1.41 bits per heavy atom. The minimum absolute atomic E-state index is 0.103. The Morgan fingerprint density at radius 3 is 2.73 bits per heavy atom. The molecule has 1 aliphatic heterocycles. The Kier molecular flexibility index (Phi) is 4.90. The fourth-order valence-corrected chi connectivity index (χ4v) is 3.19. The van der Waals surface area contributed by atoms with E-state index in [2.05, 4.69) is 21.2 Å². The van der Waals surface area contributed by atoms with Crippen LogP contribution in [0.1, 0.15) is 13.3 Å². The molecule has 2 atom stereocenters. The third-order valence-corrected chi connectivity index (χ3v) is 4.12. The summed E-state index contributed by atoms with van der Waals surface area (Å²) in [5.74, 6) is -1.37. The number of hydrogen-bond donors (Lipinski definition) is 2. The van der Waals surface area contributed by atoms with Crippen molar-refractivity contribution in [2.75, 3.05) is 18.4 Å². The molecule has 120 valence electrons. The molecule has 0 spiro atoms. The minimum Gasteiger partial charge on any atom is -0.481 e. The van der Waals surface area contributed by atoms with Crippen LogP contribution in [0, 0.1) is 11.8 Å². The fourth-order valence-electron chi connectivity index (χ4n) is 2.65. The van der Waals surface area contributed by atoms with Crippen molar-refractivity contribution in [3.63, 3.8) is 0 Å². The number of piperidine rings is 1. The second-order valence-corrected chi connectivity index (χ2v) is 6.61. The summed E-state index contributed by atoms with van der Waals surface area (Å²) in [7, 11) is 1.59. The number of nitrogens with one attached hydrogen (secondary N) is 1. The Labute approximate surface area is 136 Å². The molecule has 1 saturated heterocycles. The second kappa shape index (κ2) is 6.51. The SMILES string of the molecule is CC1CC(C(=O)O)CN(C(=O)Nc2cc(Br)cn(C)c2=O)C1. The van der Waals surface area contributed by atoms with E-state index in [-0.39, 0.29) is 23.7 Å². The number of urea groups is 1. The zero-order valence-corrected chi connectivity index (χ0v) is 14.0. The predicted molar refractivity (Wildman–Crippen MR) is 84.9 cm³/mol. The molecule has 1 fully saturated rings. The molecular weight excluding hydrogens is 354 g/mol. The van der Waals surface area contributed by atoms with Gasteiger partial charge in [0.15, 0.2) is 0 Å². The number of carbonyl (C=O) groups excluding carboxylic acids is 1. The number of pyridine rings is 1. The van der Waals surface area contributed by atoms with Crippen LogP contribution < -0.4 is 10.9 Å². The van der Waals surface area contributed by atoms with Gasteiger partial charge in [-0.15, -0.1) is 0 Å². The van der Waals surface area contributed by atoms with Crippen LogP contribution in [-0.2, 0) is 11.8 Å². The highest BCUT2D eigenvalue weighted by molar-refractivity contribution is 9.10. The van der Waals surface area contributed by atoms with Gasteiger partial charge in [-0.25, -0.2) is 4.79 Å². The molecule has 1 aromatic rings. The topological polar surface area (TPSA) is 91.6 Å². The highest BCUT2D eigenvalue weighted by Gasteiger charge is 2.32. The molecule has 0 radical (unpaired) electrons. The van der Waals surface area contributed by atoms with E-state index in [1.54, 1.807) is 13.2 Å². The van der Waals surface area contributed by atoms with Gasteiger partial charge in [0.05, 0.1) is 5.92 Å². The van der Waals surface area contributed by atoms with Gasteiger partial charge < -0.3 is 19.9 Å². The third kappa shape index (κ3) is 3.68. The lowest BCUT2D eigenvalue weighted by molar-refractivity contribution is -0.143. The first kappa shape index (κ1) is 16.5. The Balaban J connectivity index is 2.15. The zero-order chi connectivity index (χ0) is 16.4. The molecule has 0 bridgehead atoms. The van der Waals surface area contributed by atoms with Gasteiger partial charge in [-0.3, -0.25) is 9.59 Å². The molecule has 1 aromatic heterocycles. The van der Waals surface area contributed by atoms with Crippen LogP contribution in [0.25, 0.3) is 0 Å². The smallest absolute Gasteiger partial charge is 0.322 e. The molecule has 8 heteroatoms. The Hall–Kier alpha value is -1.83. The number of likely N-dealkylation sites (tertiary alicyclic amines) is 1. The standard InChI is InChI=1S/C14H18BrN3O4/c1-8-3-9(13(20)21)6-18(5-8)14(22)16-11-4-10(15)7-17(2)12(11)19/h4,7-9H,3,5-6H2,1-2H3,(H,16,22)(H,20,21). The molecule has 22 heavy (non-hydrogen) atoms. The maximum atomic E-state index is 12.3. The van der Waals surface area contributed by atoms with Gasteiger partial charge in [0.25, 0.3) is 5.56 Å². The fraction of sp³-hybridized carbons (Fsp3) is 0.500. The molecule has 2 heterocycles. The quantitative estimate of drug-likeness (QED) is 0.827. The van der Waals surface area contributed by atoms with Crippen molar-refractivity contribution < 1.29 is 14.7 Å². The molecule has 7 nitrogen and oxygen atoms in total. The molecule has 2 N–H and O–H groups in total. The lowest BCUT2D eigenvalue weighted by Gasteiger charge is -2.34. The molecule has 2 unspecified atom stereocenters. The van der Waals surface area contributed by atoms with Crippen molar-refractivity contribution in [3.8, 4) is 0 Å². The maximum absolute atomic E-state index is 12.3. The molecule has 0 aromatic carbocycles. The van der Waals surface area contributed by atoms with E-state index in [0.29, 0.717) is 17.4 Å². The van der Waals surface area contributed by atoms with Gasteiger partial charge in [-0.05, 0) is 34.3 Å². The average Bonchev–Trinajstić information content (AvgIpc) is 2.43. The number of amides is 2. The number of rotatable bonds is 2. The van der Waals surface area contributed by atoms with Gasteiger partial charge in [0, 0.05) is 30.8 Å². The first-order valence-corrected chi connectivity index (χ1v) is 7.72. The predicted octanol–water partition coefficient (Wildman–Crippen LogP) is 1.72. The highest BCUT2D eigenvalue weighted by atomic mass is 79.9. The van der Waals surface area contributed by atoms with Crippen LogP contribution >= 0.6 is 15.9 Å². The average molecular weight is 372 g/mol. The van der Waals surface area contributed by atoms with E-state index < -0.39 is 17.9 Å². The van der Waals surface area contributed by atoms with Crippen LogP contribution in [0.2, 0.25) is 0 Å². The summed E-state index contributed by atoms with van der Waals surface area (Å²) >= 11 is 3.27. The number of halogens is 1. The number of aromatic nitrogens is 1. The summed E-state index contributed by atoms with van der Waals surface area (Å²) in [5, 5.41) is 11.7. The van der Waals surface area contributed by atoms with Crippen molar-refractivity contribution in [2.24, 2.45) is 18.9 Å². The summed E-state index contributed by atoms with van der Waals surface area (Å²) in [6.07, 6.45) is 2.15. The number of nitrogens with zero attached hydrogens (tertiary/aromatic N) is 2. The number of aryl methyl sites for hydroxylation is 1. The van der Waals surface area contributed by atoms with Crippen LogP contribution in [0.15, 0.2) is 21.5 Å². The monoisotopic (exact) mass is 371 g/mol. The summed E-state index contributed by atoms with van der Waals surface area (Å²) in [4.78, 5) is 36.9. The summed E-state index contributed by atoms with van der Waals surface area (Å²) in [6, 6.07) is 1.08.